The minimum Gasteiger partial charge on any atom is -0.478 e. The van der Waals surface area contributed by atoms with E-state index in [9.17, 15) is 9.90 Å². The Morgan fingerprint density at radius 3 is 2.76 bits per heavy atom. The average Bonchev–Trinajstić information content (AvgIpc) is 3.86. The number of carbonyl (C=O) groups is 1. The number of piperazine rings is 1. The molecular weight excluding hydrogens is 610 g/mol. The van der Waals surface area contributed by atoms with Gasteiger partial charge in [-0.1, -0.05) is 17.7 Å². The number of aryl methyl sites for hydroxylation is 2. The Labute approximate surface area is 269 Å². The van der Waals surface area contributed by atoms with Crippen LogP contribution < -0.4 is 14.4 Å². The fourth-order valence-corrected chi connectivity index (χ4v) is 6.93. The van der Waals surface area contributed by atoms with E-state index in [1.807, 2.05) is 42.1 Å². The molecule has 46 heavy (non-hydrogen) atoms. The summed E-state index contributed by atoms with van der Waals surface area (Å²) in [6, 6.07) is 16.8. The first-order chi connectivity index (χ1) is 22.4. The van der Waals surface area contributed by atoms with E-state index >= 15 is 0 Å². The van der Waals surface area contributed by atoms with Crippen LogP contribution in [0.1, 0.15) is 28.8 Å². The van der Waals surface area contributed by atoms with Crippen LogP contribution in [0.2, 0.25) is 5.02 Å². The predicted octanol–water partition coefficient (Wildman–Crippen LogP) is 4.41. The smallest absolute Gasteiger partial charge is 0.335 e. The normalized spacial score (nSPS) is 22.4. The van der Waals surface area contributed by atoms with E-state index in [4.69, 9.17) is 30.8 Å². The molecule has 0 bridgehead atoms. The van der Waals surface area contributed by atoms with Crippen molar-refractivity contribution in [1.29, 1.82) is 0 Å². The quantitative estimate of drug-likeness (QED) is 0.261. The summed E-state index contributed by atoms with van der Waals surface area (Å²) in [5.74, 6) is 0.202. The number of fused-ring (bicyclic) bond motifs is 3. The number of imidazole rings is 1. The van der Waals surface area contributed by atoms with Crippen LogP contribution in [0.25, 0.3) is 11.0 Å². The van der Waals surface area contributed by atoms with Gasteiger partial charge in [-0.15, -0.1) is 0 Å². The summed E-state index contributed by atoms with van der Waals surface area (Å²) in [7, 11) is 0. The molecule has 0 unspecified atom stereocenters. The number of ether oxygens (including phenoxy) is 3. The van der Waals surface area contributed by atoms with Gasteiger partial charge in [0, 0.05) is 45.1 Å². The second-order valence-corrected chi connectivity index (χ2v) is 12.3. The first-order valence-corrected chi connectivity index (χ1v) is 15.7. The third-order valence-electron chi connectivity index (χ3n) is 9.11. The van der Waals surface area contributed by atoms with Crippen molar-refractivity contribution in [2.75, 3.05) is 31.2 Å². The Balaban J connectivity index is 1.06. The van der Waals surface area contributed by atoms with E-state index in [1.54, 1.807) is 36.7 Å². The molecule has 0 saturated carbocycles. The van der Waals surface area contributed by atoms with Crippen LogP contribution in [0.3, 0.4) is 0 Å². The first kappa shape index (κ1) is 28.8. The van der Waals surface area contributed by atoms with Crippen LogP contribution >= 0.6 is 11.6 Å². The van der Waals surface area contributed by atoms with Gasteiger partial charge in [0.25, 0.3) is 5.79 Å². The van der Waals surface area contributed by atoms with Gasteiger partial charge in [-0.05, 0) is 48.5 Å². The summed E-state index contributed by atoms with van der Waals surface area (Å²) in [6.07, 6.45) is 5.27. The highest BCUT2D eigenvalue weighted by Crippen LogP contribution is 2.50. The molecule has 0 spiro atoms. The molecule has 2 saturated heterocycles. The highest BCUT2D eigenvalue weighted by molar-refractivity contribution is 6.30. The number of pyridine rings is 1. The zero-order chi connectivity index (χ0) is 31.4. The van der Waals surface area contributed by atoms with E-state index in [-0.39, 0.29) is 17.6 Å². The number of rotatable bonds is 8. The number of nitrogens with zero attached hydrogens (tertiary/aromatic N) is 7. The monoisotopic (exact) mass is 641 g/mol. The summed E-state index contributed by atoms with van der Waals surface area (Å²) in [5, 5.41) is 14.6. The van der Waals surface area contributed by atoms with Crippen molar-refractivity contribution in [3.05, 3.63) is 95.3 Å². The molecule has 3 aliphatic rings. The van der Waals surface area contributed by atoms with Gasteiger partial charge in [-0.25, -0.2) is 9.78 Å². The Morgan fingerprint density at radius 2 is 1.96 bits per heavy atom. The molecular formula is C33H32ClN7O5. The zero-order valence-electron chi connectivity index (χ0n) is 25.1. The standard InChI is InChI=1S/C33H32ClN7O5/c1-33(29-9-7-22(34)17-35-29)45-28-5-2-4-24(31(28)46-33)40-14-12-38(26-19-44-20-27(26)40)18-30-37-23-8-6-21(32(42)43)16-25(23)41(30)15-13-39-11-3-10-36-39/h2-11,16-17,26-27H,12-15,18-20H2,1H3,(H,42,43)/t26-,27+,33-/m0/s1. The maximum Gasteiger partial charge on any atom is 0.335 e. The number of carboxylic acids is 1. The fraction of sp³-hybridized carbons (Fsp3) is 0.333. The number of halogens is 1. The Morgan fingerprint density at radius 1 is 1.07 bits per heavy atom. The Kier molecular flexibility index (Phi) is 7.08. The summed E-state index contributed by atoms with van der Waals surface area (Å²) in [6.45, 7) is 6.40. The summed E-state index contributed by atoms with van der Waals surface area (Å²) >= 11 is 6.08. The van der Waals surface area contributed by atoms with E-state index in [1.165, 1.54) is 0 Å². The molecule has 3 aromatic heterocycles. The van der Waals surface area contributed by atoms with Gasteiger partial charge in [0.2, 0.25) is 0 Å². The van der Waals surface area contributed by atoms with Crippen molar-refractivity contribution >= 4 is 34.3 Å². The molecule has 2 aromatic carbocycles. The van der Waals surface area contributed by atoms with E-state index in [0.29, 0.717) is 55.1 Å². The third-order valence-corrected chi connectivity index (χ3v) is 9.33. The van der Waals surface area contributed by atoms with Crippen molar-refractivity contribution in [1.82, 2.24) is 29.2 Å². The third kappa shape index (κ3) is 5.02. The second kappa shape index (κ2) is 11.3. The summed E-state index contributed by atoms with van der Waals surface area (Å²) < 4.78 is 22.9. The number of anilines is 1. The van der Waals surface area contributed by atoms with Gasteiger partial charge in [0.1, 0.15) is 11.5 Å². The zero-order valence-corrected chi connectivity index (χ0v) is 25.9. The van der Waals surface area contributed by atoms with Gasteiger partial charge in [0.05, 0.1) is 65.7 Å². The number of aromatic nitrogens is 5. The summed E-state index contributed by atoms with van der Waals surface area (Å²) in [5.41, 5.74) is 3.41. The van der Waals surface area contributed by atoms with Gasteiger partial charge in [-0.2, -0.15) is 5.10 Å². The Hall–Kier alpha value is -4.65. The molecule has 236 valence electrons. The van der Waals surface area contributed by atoms with Crippen LogP contribution in [0.15, 0.2) is 73.2 Å². The highest BCUT2D eigenvalue weighted by Gasteiger charge is 2.46. The number of aromatic carboxylic acids is 1. The second-order valence-electron chi connectivity index (χ2n) is 11.9. The lowest BCUT2D eigenvalue weighted by Crippen LogP contribution is -2.59. The lowest BCUT2D eigenvalue weighted by Gasteiger charge is -2.44. The van der Waals surface area contributed by atoms with Crippen molar-refractivity contribution in [3.63, 3.8) is 0 Å². The van der Waals surface area contributed by atoms with Gasteiger partial charge >= 0.3 is 5.97 Å². The number of para-hydroxylation sites is 1. The lowest BCUT2D eigenvalue weighted by molar-refractivity contribution is -0.0716. The summed E-state index contributed by atoms with van der Waals surface area (Å²) in [4.78, 5) is 26.0. The van der Waals surface area contributed by atoms with Crippen molar-refractivity contribution in [3.8, 4) is 11.5 Å². The van der Waals surface area contributed by atoms with E-state index in [0.717, 1.165) is 35.6 Å². The maximum atomic E-state index is 11.8. The van der Waals surface area contributed by atoms with Crippen molar-refractivity contribution in [2.24, 2.45) is 0 Å². The molecule has 6 heterocycles. The first-order valence-electron chi connectivity index (χ1n) is 15.3. The molecule has 5 aromatic rings. The van der Waals surface area contributed by atoms with Gasteiger partial charge in [-0.3, -0.25) is 14.6 Å². The fourth-order valence-electron chi connectivity index (χ4n) is 6.82. The number of carboxylic acid groups (broad SMARTS) is 1. The minimum absolute atomic E-state index is 0.0879. The molecule has 3 atom stereocenters. The molecule has 1 N–H and O–H groups in total. The number of hydrogen-bond donors (Lipinski definition) is 1. The van der Waals surface area contributed by atoms with Crippen molar-refractivity contribution in [2.45, 2.75) is 44.4 Å². The van der Waals surface area contributed by atoms with E-state index in [2.05, 4.69) is 30.5 Å². The van der Waals surface area contributed by atoms with Crippen molar-refractivity contribution < 1.29 is 24.1 Å². The molecule has 0 amide bonds. The number of benzene rings is 2. The molecule has 0 aliphatic carbocycles. The molecule has 8 rings (SSSR count). The largest absolute Gasteiger partial charge is 0.478 e. The molecule has 13 heteroatoms. The van der Waals surface area contributed by atoms with E-state index < -0.39 is 11.8 Å². The SMILES string of the molecule is C[C@]1(c2ccc(Cl)cn2)Oc2cccc(N3CCN(Cc4nc5ccc(C(=O)O)cc5n4CCn4cccn4)[C@H]4COC[C@H]43)c2O1. The Bertz CT molecular complexity index is 1910. The minimum atomic E-state index is -1.08. The highest BCUT2D eigenvalue weighted by atomic mass is 35.5. The topological polar surface area (TPSA) is 120 Å². The van der Waals surface area contributed by atoms with Crippen LogP contribution in [-0.2, 0) is 30.2 Å². The van der Waals surface area contributed by atoms with Crippen LogP contribution in [0, 0.1) is 0 Å². The maximum absolute atomic E-state index is 11.8. The average molecular weight is 642 g/mol. The predicted molar refractivity (Wildman–Crippen MR) is 169 cm³/mol. The molecule has 12 nitrogen and oxygen atoms in total. The van der Waals surface area contributed by atoms with Crippen LogP contribution in [-0.4, -0.2) is 78.7 Å². The van der Waals surface area contributed by atoms with Gasteiger partial charge in [0.15, 0.2) is 11.5 Å². The lowest BCUT2D eigenvalue weighted by atomic mass is 10.0. The molecule has 2 fully saturated rings. The van der Waals surface area contributed by atoms with Crippen LogP contribution in [0.5, 0.6) is 11.5 Å². The molecule has 0 radical (unpaired) electrons. The van der Waals surface area contributed by atoms with Crippen LogP contribution in [0.4, 0.5) is 5.69 Å². The molecule has 3 aliphatic heterocycles. The number of hydrogen-bond acceptors (Lipinski definition) is 9. The van der Waals surface area contributed by atoms with Gasteiger partial charge < -0.3 is 28.8 Å².